The van der Waals surface area contributed by atoms with Gasteiger partial charge in [0, 0.05) is 5.75 Å². The zero-order chi connectivity index (χ0) is 24.4. The van der Waals surface area contributed by atoms with Crippen molar-refractivity contribution in [2.24, 2.45) is 17.8 Å². The highest BCUT2D eigenvalue weighted by molar-refractivity contribution is 8.75. The van der Waals surface area contributed by atoms with Gasteiger partial charge in [0.1, 0.15) is 34.8 Å². The minimum absolute atomic E-state index is 0.122. The van der Waals surface area contributed by atoms with Crippen LogP contribution in [0.15, 0.2) is 11.8 Å². The first-order valence-electron chi connectivity index (χ1n) is 10.4. The molecule has 6 atom stereocenters. The first-order chi connectivity index (χ1) is 15.0. The first kappa shape index (κ1) is 28.1. The van der Waals surface area contributed by atoms with Crippen LogP contribution in [0.1, 0.15) is 47.0 Å². The van der Waals surface area contributed by atoms with Crippen molar-refractivity contribution >= 4 is 45.6 Å². The number of aliphatic carboxylic acids is 2. The summed E-state index contributed by atoms with van der Waals surface area (Å²) in [5, 5.41) is 33.9. The van der Waals surface area contributed by atoms with Gasteiger partial charge in [0.05, 0.1) is 12.5 Å². The summed E-state index contributed by atoms with van der Waals surface area (Å²) in [6.45, 7) is 7.06. The third-order valence-electron chi connectivity index (χ3n) is 5.40. The van der Waals surface area contributed by atoms with Gasteiger partial charge in [0.15, 0.2) is 0 Å². The number of carbonyl (C=O) groups excluding carboxylic acids is 2. The van der Waals surface area contributed by atoms with Gasteiger partial charge in [-0.25, -0.2) is 9.59 Å². The maximum atomic E-state index is 12.7. The van der Waals surface area contributed by atoms with E-state index in [0.717, 1.165) is 11.1 Å². The van der Waals surface area contributed by atoms with Crippen molar-refractivity contribution in [1.82, 2.24) is 10.6 Å². The van der Waals surface area contributed by atoms with Crippen LogP contribution >= 0.6 is 21.9 Å². The molecule has 6 unspecified atom stereocenters. The molecule has 5 N–H and O–H groups in total. The van der Waals surface area contributed by atoms with E-state index in [1.165, 1.54) is 16.9 Å². The highest BCUT2D eigenvalue weighted by Crippen LogP contribution is 2.38. The number of rotatable bonds is 12. The van der Waals surface area contributed by atoms with E-state index >= 15 is 0 Å². The third-order valence-corrected chi connectivity index (χ3v) is 7.12. The second kappa shape index (κ2) is 13.6. The number of hydrogen-bond donors (Lipinski definition) is 5. The number of aliphatic hydroxyl groups excluding tert-OH is 1. The smallest absolute Gasteiger partial charge is 0.326 e. The summed E-state index contributed by atoms with van der Waals surface area (Å²) in [6, 6.07) is -2.13. The van der Waals surface area contributed by atoms with Gasteiger partial charge >= 0.3 is 11.9 Å². The zero-order valence-electron chi connectivity index (χ0n) is 18.6. The molecule has 0 aliphatic carbocycles. The van der Waals surface area contributed by atoms with Gasteiger partial charge in [-0.05, 0) is 28.7 Å². The van der Waals surface area contributed by atoms with Crippen LogP contribution in [0.4, 0.5) is 0 Å². The van der Waals surface area contributed by atoms with Crippen LogP contribution in [-0.2, 0) is 23.4 Å². The maximum absolute atomic E-state index is 12.7. The molecule has 1 saturated heterocycles. The van der Waals surface area contributed by atoms with Crippen molar-refractivity contribution in [2.75, 3.05) is 5.75 Å². The highest BCUT2D eigenvalue weighted by Gasteiger charge is 2.34. The Labute approximate surface area is 195 Å². The predicted octanol–water partition coefficient (Wildman–Crippen LogP) is 1.80. The Bertz CT molecular complexity index is 718. The second-order valence-corrected chi connectivity index (χ2v) is 9.80. The average molecular weight is 493 g/mol. The van der Waals surface area contributed by atoms with Gasteiger partial charge in [-0.2, -0.15) is 0 Å². The predicted molar refractivity (Wildman–Crippen MR) is 121 cm³/mol. The van der Waals surface area contributed by atoms with E-state index in [0.29, 0.717) is 18.6 Å². The molecule has 1 rings (SSSR count). The number of nitrogens with one attached hydrogen (secondary N) is 2. The van der Waals surface area contributed by atoms with Crippen molar-refractivity contribution in [3.8, 4) is 0 Å². The van der Waals surface area contributed by atoms with E-state index in [2.05, 4.69) is 10.6 Å². The lowest BCUT2D eigenvalue weighted by Crippen LogP contribution is -2.48. The number of carboxylic acid groups (broad SMARTS) is 2. The SMILES string of the molecule is CCC(C)C(NC(=O)CC(O)/C=C1/OSSCC1C(=O)NC(C(=O)O)C(C)CC)C(=O)O. The van der Waals surface area contributed by atoms with Crippen LogP contribution in [0, 0.1) is 17.8 Å². The minimum atomic E-state index is -1.32. The van der Waals surface area contributed by atoms with Gasteiger partial charge < -0.3 is 30.1 Å². The summed E-state index contributed by atoms with van der Waals surface area (Å²) in [4.78, 5) is 47.8. The number of carboxylic acids is 2. The minimum Gasteiger partial charge on any atom is -0.480 e. The van der Waals surface area contributed by atoms with Crippen LogP contribution < -0.4 is 10.6 Å². The van der Waals surface area contributed by atoms with E-state index in [-0.39, 0.29) is 17.6 Å². The van der Waals surface area contributed by atoms with Gasteiger partial charge in [-0.1, -0.05) is 40.5 Å². The Hall–Kier alpha value is -1.92. The Morgan fingerprint density at radius 1 is 1.06 bits per heavy atom. The molecule has 0 aromatic heterocycles. The van der Waals surface area contributed by atoms with Crippen LogP contribution in [0.25, 0.3) is 0 Å². The number of hydrogen-bond acceptors (Lipinski definition) is 8. The largest absolute Gasteiger partial charge is 0.480 e. The fourth-order valence-corrected chi connectivity index (χ4v) is 4.70. The molecule has 1 aliphatic heterocycles. The molecule has 0 aromatic rings. The van der Waals surface area contributed by atoms with E-state index in [9.17, 15) is 34.5 Å². The molecule has 0 saturated carbocycles. The van der Waals surface area contributed by atoms with Crippen LogP contribution in [-0.4, -0.2) is 63.0 Å². The van der Waals surface area contributed by atoms with E-state index in [1.54, 1.807) is 13.8 Å². The fourth-order valence-electron chi connectivity index (χ4n) is 2.94. The van der Waals surface area contributed by atoms with Gasteiger partial charge in [0.25, 0.3) is 0 Å². The Morgan fingerprint density at radius 2 is 1.59 bits per heavy atom. The molecular weight excluding hydrogens is 460 g/mol. The van der Waals surface area contributed by atoms with Gasteiger partial charge in [-0.15, -0.1) is 0 Å². The lowest BCUT2D eigenvalue weighted by molar-refractivity contribution is -0.144. The summed E-state index contributed by atoms with van der Waals surface area (Å²) in [7, 11) is 1.26. The van der Waals surface area contributed by atoms with E-state index < -0.39 is 54.3 Å². The molecule has 0 radical (unpaired) electrons. The summed E-state index contributed by atoms with van der Waals surface area (Å²) in [5.41, 5.74) is 0. The first-order valence-corrected chi connectivity index (χ1v) is 12.7. The molecule has 0 aromatic carbocycles. The lowest BCUT2D eigenvalue weighted by atomic mass is 9.97. The Balaban J connectivity index is 2.85. The highest BCUT2D eigenvalue weighted by atomic mass is 33.1. The molecule has 0 bridgehead atoms. The molecule has 2 amide bonds. The zero-order valence-corrected chi connectivity index (χ0v) is 20.2. The molecule has 12 heteroatoms. The van der Waals surface area contributed by atoms with E-state index in [1.807, 2.05) is 13.8 Å². The Kier molecular flexibility index (Phi) is 11.9. The standard InChI is InChI=1S/C20H32N2O8S2/c1-5-10(3)16(19(26)27)21-15(24)8-12(23)7-14-13(9-31-32-30-14)18(25)22-17(20(28)29)11(4)6-2/h7,10-13,16-17,23H,5-6,8-9H2,1-4H3,(H,21,24)(H,22,25)(H,26,27)(H,28,29)/b14-7+. The topological polar surface area (TPSA) is 162 Å². The number of carbonyl (C=O) groups is 4. The third kappa shape index (κ3) is 8.55. The summed E-state index contributed by atoms with van der Waals surface area (Å²) in [5.74, 6) is -4.48. The van der Waals surface area contributed by atoms with Crippen LogP contribution in [0.5, 0.6) is 0 Å². The van der Waals surface area contributed by atoms with E-state index in [4.69, 9.17) is 4.18 Å². The summed E-state index contributed by atoms with van der Waals surface area (Å²) >= 11 is 1.01. The number of amides is 2. The summed E-state index contributed by atoms with van der Waals surface area (Å²) < 4.78 is 5.41. The Morgan fingerprint density at radius 3 is 2.09 bits per heavy atom. The van der Waals surface area contributed by atoms with Crippen molar-refractivity contribution in [3.05, 3.63) is 11.8 Å². The number of aliphatic hydroxyl groups is 1. The lowest BCUT2D eigenvalue weighted by Gasteiger charge is -2.27. The monoisotopic (exact) mass is 492 g/mol. The second-order valence-electron chi connectivity index (χ2n) is 7.81. The van der Waals surface area contributed by atoms with Gasteiger partial charge in [0.2, 0.25) is 11.8 Å². The van der Waals surface area contributed by atoms with Crippen LogP contribution in [0.3, 0.4) is 0 Å². The normalized spacial score (nSPS) is 22.0. The molecule has 1 heterocycles. The molecule has 32 heavy (non-hydrogen) atoms. The molecule has 182 valence electrons. The van der Waals surface area contributed by atoms with Crippen molar-refractivity contribution < 1.29 is 38.7 Å². The maximum Gasteiger partial charge on any atom is 0.326 e. The van der Waals surface area contributed by atoms with Crippen molar-refractivity contribution in [3.63, 3.8) is 0 Å². The molecule has 1 aliphatic rings. The average Bonchev–Trinajstić information content (AvgIpc) is 2.74. The molecule has 0 spiro atoms. The molecular formula is C20H32N2O8S2. The molecule has 10 nitrogen and oxygen atoms in total. The molecule has 1 fully saturated rings. The van der Waals surface area contributed by atoms with Crippen LogP contribution in [0.2, 0.25) is 0 Å². The van der Waals surface area contributed by atoms with Crippen molar-refractivity contribution in [1.29, 1.82) is 0 Å². The fraction of sp³-hybridized carbons (Fsp3) is 0.700. The quantitative estimate of drug-likeness (QED) is 0.200. The van der Waals surface area contributed by atoms with Gasteiger partial charge in [-0.3, -0.25) is 9.59 Å². The van der Waals surface area contributed by atoms with Crippen molar-refractivity contribution in [2.45, 2.75) is 65.1 Å². The summed E-state index contributed by atoms with van der Waals surface area (Å²) in [6.07, 6.45) is 0.615.